The largest absolute Gasteiger partial charge is 0.496 e. The van der Waals surface area contributed by atoms with Gasteiger partial charge in [0.05, 0.1) is 18.8 Å². The van der Waals surface area contributed by atoms with Gasteiger partial charge in [0.1, 0.15) is 5.75 Å². The first kappa shape index (κ1) is 14.6. The van der Waals surface area contributed by atoms with Crippen LogP contribution in [0.1, 0.15) is 24.4 Å². The number of rotatable bonds is 4. The number of ether oxygens (including phenoxy) is 3. The molecular formula is C14H20ClNO3. The summed E-state index contributed by atoms with van der Waals surface area (Å²) in [5.41, 5.74) is 6.89. The summed E-state index contributed by atoms with van der Waals surface area (Å²) in [5, 5.41) is 0.643. The van der Waals surface area contributed by atoms with E-state index in [9.17, 15) is 0 Å². The molecule has 19 heavy (non-hydrogen) atoms. The predicted molar refractivity (Wildman–Crippen MR) is 74.7 cm³/mol. The SMILES string of the molecule is COc1ccc(Cl)cc1C(N)C1(OC)CCOCC1. The van der Waals surface area contributed by atoms with Crippen molar-refractivity contribution in [1.29, 1.82) is 0 Å². The Morgan fingerprint density at radius 3 is 2.58 bits per heavy atom. The highest BCUT2D eigenvalue weighted by atomic mass is 35.5. The van der Waals surface area contributed by atoms with Crippen LogP contribution in [0.3, 0.4) is 0 Å². The van der Waals surface area contributed by atoms with Gasteiger partial charge in [-0.15, -0.1) is 0 Å². The number of hydrogen-bond donors (Lipinski definition) is 1. The maximum absolute atomic E-state index is 6.44. The van der Waals surface area contributed by atoms with Crippen LogP contribution >= 0.6 is 11.6 Å². The molecule has 1 aliphatic heterocycles. The van der Waals surface area contributed by atoms with E-state index in [0.29, 0.717) is 18.2 Å². The van der Waals surface area contributed by atoms with Gasteiger partial charge in [0.15, 0.2) is 0 Å². The van der Waals surface area contributed by atoms with Crippen molar-refractivity contribution in [3.05, 3.63) is 28.8 Å². The third kappa shape index (κ3) is 2.87. The summed E-state index contributed by atoms with van der Waals surface area (Å²) in [6.45, 7) is 1.31. The van der Waals surface area contributed by atoms with Gasteiger partial charge in [-0.1, -0.05) is 11.6 Å². The fourth-order valence-corrected chi connectivity index (χ4v) is 2.77. The molecule has 0 radical (unpaired) electrons. The van der Waals surface area contributed by atoms with Gasteiger partial charge in [-0.05, 0) is 18.2 Å². The van der Waals surface area contributed by atoms with E-state index in [-0.39, 0.29) is 6.04 Å². The zero-order valence-corrected chi connectivity index (χ0v) is 12.1. The summed E-state index contributed by atoms with van der Waals surface area (Å²) >= 11 is 6.07. The number of methoxy groups -OCH3 is 2. The molecule has 1 heterocycles. The fraction of sp³-hybridized carbons (Fsp3) is 0.571. The van der Waals surface area contributed by atoms with Crippen LogP contribution in [0, 0.1) is 0 Å². The van der Waals surface area contributed by atoms with Crippen LogP contribution in [0.15, 0.2) is 18.2 Å². The summed E-state index contributed by atoms with van der Waals surface area (Å²) in [7, 11) is 3.32. The summed E-state index contributed by atoms with van der Waals surface area (Å²) in [6, 6.07) is 5.18. The lowest BCUT2D eigenvalue weighted by atomic mass is 9.82. The van der Waals surface area contributed by atoms with Crippen molar-refractivity contribution in [3.63, 3.8) is 0 Å². The van der Waals surface area contributed by atoms with E-state index in [0.717, 1.165) is 24.2 Å². The molecule has 1 aromatic rings. The maximum atomic E-state index is 6.44. The van der Waals surface area contributed by atoms with Crippen LogP contribution in [-0.2, 0) is 9.47 Å². The van der Waals surface area contributed by atoms with E-state index >= 15 is 0 Å². The molecule has 0 bridgehead atoms. The Morgan fingerprint density at radius 1 is 1.32 bits per heavy atom. The number of benzene rings is 1. The monoisotopic (exact) mass is 285 g/mol. The lowest BCUT2D eigenvalue weighted by Crippen LogP contribution is -2.47. The highest BCUT2D eigenvalue weighted by Gasteiger charge is 2.40. The minimum absolute atomic E-state index is 0.296. The van der Waals surface area contributed by atoms with Gasteiger partial charge in [-0.3, -0.25) is 0 Å². The number of nitrogens with two attached hydrogens (primary N) is 1. The molecule has 1 aliphatic rings. The Bertz CT molecular complexity index is 433. The minimum atomic E-state index is -0.420. The van der Waals surface area contributed by atoms with Crippen molar-refractivity contribution in [2.75, 3.05) is 27.4 Å². The number of hydrogen-bond acceptors (Lipinski definition) is 4. The van der Waals surface area contributed by atoms with Crippen molar-refractivity contribution < 1.29 is 14.2 Å². The average Bonchev–Trinajstić information content (AvgIpc) is 2.47. The summed E-state index contributed by atoms with van der Waals surface area (Å²) in [6.07, 6.45) is 1.53. The van der Waals surface area contributed by atoms with Crippen molar-refractivity contribution in [2.24, 2.45) is 5.73 Å². The molecule has 1 atom stereocenters. The summed E-state index contributed by atoms with van der Waals surface area (Å²) < 4.78 is 16.5. The third-order valence-electron chi connectivity index (χ3n) is 3.84. The Kier molecular flexibility index (Phi) is 4.68. The third-order valence-corrected chi connectivity index (χ3v) is 4.07. The van der Waals surface area contributed by atoms with E-state index in [2.05, 4.69) is 0 Å². The second-order valence-electron chi connectivity index (χ2n) is 4.75. The zero-order chi connectivity index (χ0) is 13.9. The first-order valence-electron chi connectivity index (χ1n) is 6.35. The number of halogens is 1. The molecule has 1 fully saturated rings. The zero-order valence-electron chi connectivity index (χ0n) is 11.3. The molecule has 0 aliphatic carbocycles. The lowest BCUT2D eigenvalue weighted by Gasteiger charge is -2.41. The standard InChI is InChI=1S/C14H20ClNO3/c1-17-12-4-3-10(15)9-11(12)13(16)14(18-2)5-7-19-8-6-14/h3-4,9,13H,5-8,16H2,1-2H3. The molecule has 106 valence electrons. The van der Waals surface area contributed by atoms with Gasteiger partial charge < -0.3 is 19.9 Å². The van der Waals surface area contributed by atoms with Crippen LogP contribution in [0.25, 0.3) is 0 Å². The second-order valence-corrected chi connectivity index (χ2v) is 5.18. The molecule has 1 unspecified atom stereocenters. The molecular weight excluding hydrogens is 266 g/mol. The molecule has 5 heteroatoms. The lowest BCUT2D eigenvalue weighted by molar-refractivity contribution is -0.105. The van der Waals surface area contributed by atoms with Crippen LogP contribution in [0.5, 0.6) is 5.75 Å². The van der Waals surface area contributed by atoms with Gasteiger partial charge >= 0.3 is 0 Å². The van der Waals surface area contributed by atoms with Crippen molar-refractivity contribution >= 4 is 11.6 Å². The normalized spacial score (nSPS) is 20.0. The van der Waals surface area contributed by atoms with Crippen LogP contribution in [0.4, 0.5) is 0 Å². The van der Waals surface area contributed by atoms with E-state index in [1.165, 1.54) is 0 Å². The quantitative estimate of drug-likeness (QED) is 0.924. The molecule has 1 aromatic carbocycles. The topological polar surface area (TPSA) is 53.7 Å². The van der Waals surface area contributed by atoms with Crippen molar-refractivity contribution in [2.45, 2.75) is 24.5 Å². The molecule has 1 saturated heterocycles. The molecule has 4 nitrogen and oxygen atoms in total. The molecule has 0 saturated carbocycles. The van der Waals surface area contributed by atoms with E-state index in [1.54, 1.807) is 20.3 Å². The molecule has 0 aromatic heterocycles. The average molecular weight is 286 g/mol. The van der Waals surface area contributed by atoms with Crippen molar-refractivity contribution in [1.82, 2.24) is 0 Å². The Hall–Kier alpha value is -0.810. The smallest absolute Gasteiger partial charge is 0.123 e. The van der Waals surface area contributed by atoms with Crippen LogP contribution < -0.4 is 10.5 Å². The van der Waals surface area contributed by atoms with Gasteiger partial charge in [-0.2, -0.15) is 0 Å². The van der Waals surface area contributed by atoms with Crippen LogP contribution in [0.2, 0.25) is 5.02 Å². The summed E-state index contributed by atoms with van der Waals surface area (Å²) in [4.78, 5) is 0. The Balaban J connectivity index is 2.36. The van der Waals surface area contributed by atoms with E-state index in [4.69, 9.17) is 31.5 Å². The molecule has 0 spiro atoms. The Morgan fingerprint density at radius 2 is 2.00 bits per heavy atom. The molecule has 2 N–H and O–H groups in total. The first-order chi connectivity index (χ1) is 9.13. The van der Waals surface area contributed by atoms with Gasteiger partial charge in [0.2, 0.25) is 0 Å². The first-order valence-corrected chi connectivity index (χ1v) is 6.72. The minimum Gasteiger partial charge on any atom is -0.496 e. The fourth-order valence-electron chi connectivity index (χ4n) is 2.59. The molecule has 2 rings (SSSR count). The summed E-state index contributed by atoms with van der Waals surface area (Å²) in [5.74, 6) is 0.736. The predicted octanol–water partition coefficient (Wildman–Crippen LogP) is 2.54. The van der Waals surface area contributed by atoms with Gasteiger partial charge in [0, 0.05) is 43.8 Å². The van der Waals surface area contributed by atoms with Crippen LogP contribution in [-0.4, -0.2) is 33.0 Å². The Labute approximate surface area is 118 Å². The van der Waals surface area contributed by atoms with Gasteiger partial charge in [-0.25, -0.2) is 0 Å². The molecule has 0 amide bonds. The van der Waals surface area contributed by atoms with E-state index < -0.39 is 5.60 Å². The van der Waals surface area contributed by atoms with E-state index in [1.807, 2.05) is 12.1 Å². The van der Waals surface area contributed by atoms with Crippen molar-refractivity contribution in [3.8, 4) is 5.75 Å². The maximum Gasteiger partial charge on any atom is 0.123 e. The van der Waals surface area contributed by atoms with Gasteiger partial charge in [0.25, 0.3) is 0 Å². The second kappa shape index (κ2) is 6.09. The highest BCUT2D eigenvalue weighted by molar-refractivity contribution is 6.30. The highest BCUT2D eigenvalue weighted by Crippen LogP contribution is 2.39.